The van der Waals surface area contributed by atoms with Crippen molar-refractivity contribution >= 4 is 23.6 Å². The summed E-state index contributed by atoms with van der Waals surface area (Å²) >= 11 is 1.56. The minimum atomic E-state index is -0.0804. The van der Waals surface area contributed by atoms with E-state index in [1.807, 2.05) is 0 Å². The van der Waals surface area contributed by atoms with Crippen LogP contribution in [-0.4, -0.2) is 33.9 Å². The van der Waals surface area contributed by atoms with Gasteiger partial charge in [-0.25, -0.2) is 9.97 Å². The lowest BCUT2D eigenvalue weighted by Crippen LogP contribution is -2.16. The topological polar surface area (TPSA) is 80.9 Å². The number of amides is 1. The molecular formula is C9H14N4OS. The molecule has 1 amide bonds. The summed E-state index contributed by atoms with van der Waals surface area (Å²) in [6, 6.07) is 1.70. The first-order chi connectivity index (χ1) is 7.33. The van der Waals surface area contributed by atoms with Crippen LogP contribution in [0, 0.1) is 0 Å². The molecule has 0 saturated carbocycles. The van der Waals surface area contributed by atoms with Crippen molar-refractivity contribution in [3.05, 3.63) is 18.5 Å². The van der Waals surface area contributed by atoms with Crippen LogP contribution in [0.3, 0.4) is 0 Å². The van der Waals surface area contributed by atoms with Crippen LogP contribution >= 0.6 is 11.8 Å². The van der Waals surface area contributed by atoms with Gasteiger partial charge in [0.25, 0.3) is 0 Å². The normalized spacial score (nSPS) is 9.93. The number of rotatable bonds is 6. The van der Waals surface area contributed by atoms with Crippen LogP contribution in [0.25, 0.3) is 0 Å². The van der Waals surface area contributed by atoms with E-state index in [0.29, 0.717) is 18.2 Å². The molecule has 0 atom stereocenters. The Labute approximate surface area is 92.9 Å². The molecule has 1 rings (SSSR count). The van der Waals surface area contributed by atoms with E-state index >= 15 is 0 Å². The third kappa shape index (κ3) is 5.34. The molecule has 0 aliphatic heterocycles. The molecule has 15 heavy (non-hydrogen) atoms. The maximum absolute atomic E-state index is 11.3. The number of anilines is 1. The molecule has 0 aromatic carbocycles. The minimum Gasteiger partial charge on any atom is -0.330 e. The van der Waals surface area contributed by atoms with Crippen LogP contribution in [0.1, 0.15) is 6.42 Å². The number of carbonyl (C=O) groups excluding carboxylic acids is 1. The van der Waals surface area contributed by atoms with Crippen molar-refractivity contribution in [3.63, 3.8) is 0 Å². The van der Waals surface area contributed by atoms with Gasteiger partial charge in [0.2, 0.25) is 11.9 Å². The van der Waals surface area contributed by atoms with Gasteiger partial charge in [-0.05, 0) is 24.8 Å². The number of hydrogen-bond acceptors (Lipinski definition) is 5. The summed E-state index contributed by atoms with van der Waals surface area (Å²) in [5.74, 6) is 1.59. The lowest BCUT2D eigenvalue weighted by atomic mass is 10.5. The fourth-order valence-corrected chi connectivity index (χ4v) is 1.65. The van der Waals surface area contributed by atoms with Crippen molar-refractivity contribution in [2.75, 3.05) is 23.4 Å². The van der Waals surface area contributed by atoms with Crippen LogP contribution in [-0.2, 0) is 4.79 Å². The number of hydrogen-bond donors (Lipinski definition) is 2. The second-order valence-corrected chi connectivity index (χ2v) is 3.92. The maximum Gasteiger partial charge on any atom is 0.236 e. The van der Waals surface area contributed by atoms with E-state index in [9.17, 15) is 4.79 Å². The highest BCUT2D eigenvalue weighted by molar-refractivity contribution is 7.99. The molecule has 0 aliphatic rings. The van der Waals surface area contributed by atoms with E-state index in [2.05, 4.69) is 15.3 Å². The first-order valence-corrected chi connectivity index (χ1v) is 5.83. The smallest absolute Gasteiger partial charge is 0.236 e. The van der Waals surface area contributed by atoms with Crippen molar-refractivity contribution < 1.29 is 4.79 Å². The summed E-state index contributed by atoms with van der Waals surface area (Å²) in [6.45, 7) is 0.663. The lowest BCUT2D eigenvalue weighted by molar-refractivity contribution is -0.113. The van der Waals surface area contributed by atoms with Crippen LogP contribution < -0.4 is 11.1 Å². The van der Waals surface area contributed by atoms with E-state index in [1.54, 1.807) is 30.2 Å². The van der Waals surface area contributed by atoms with Crippen molar-refractivity contribution in [2.24, 2.45) is 5.73 Å². The summed E-state index contributed by atoms with van der Waals surface area (Å²) < 4.78 is 0. The lowest BCUT2D eigenvalue weighted by Gasteiger charge is -2.02. The average Bonchev–Trinajstić information content (AvgIpc) is 2.26. The van der Waals surface area contributed by atoms with Crippen LogP contribution in [0.15, 0.2) is 18.5 Å². The van der Waals surface area contributed by atoms with E-state index in [1.165, 1.54) is 0 Å². The molecule has 0 fully saturated rings. The number of nitrogens with two attached hydrogens (primary N) is 1. The number of thioether (sulfide) groups is 1. The zero-order valence-corrected chi connectivity index (χ0v) is 9.17. The third-order valence-electron chi connectivity index (χ3n) is 1.54. The van der Waals surface area contributed by atoms with Crippen molar-refractivity contribution in [1.29, 1.82) is 0 Å². The molecule has 0 radical (unpaired) electrons. The Morgan fingerprint density at radius 3 is 2.87 bits per heavy atom. The molecule has 0 spiro atoms. The van der Waals surface area contributed by atoms with E-state index in [-0.39, 0.29) is 5.91 Å². The molecule has 3 N–H and O–H groups in total. The highest BCUT2D eigenvalue weighted by Crippen LogP contribution is 2.03. The molecule has 1 aromatic heterocycles. The number of nitrogens with zero attached hydrogens (tertiary/aromatic N) is 2. The Balaban J connectivity index is 2.19. The fraction of sp³-hybridized carbons (Fsp3) is 0.444. The molecule has 0 aliphatic carbocycles. The number of carbonyl (C=O) groups is 1. The summed E-state index contributed by atoms with van der Waals surface area (Å²) in [6.07, 6.45) is 4.11. The van der Waals surface area contributed by atoms with E-state index < -0.39 is 0 Å². The molecular weight excluding hydrogens is 212 g/mol. The van der Waals surface area contributed by atoms with Crippen molar-refractivity contribution in [2.45, 2.75) is 6.42 Å². The van der Waals surface area contributed by atoms with Gasteiger partial charge in [-0.3, -0.25) is 10.1 Å². The van der Waals surface area contributed by atoms with E-state index in [4.69, 9.17) is 5.73 Å². The monoisotopic (exact) mass is 226 g/mol. The Hall–Kier alpha value is -1.14. The van der Waals surface area contributed by atoms with Crippen LogP contribution in [0.5, 0.6) is 0 Å². The zero-order valence-electron chi connectivity index (χ0n) is 8.35. The van der Waals surface area contributed by atoms with Crippen LogP contribution in [0.4, 0.5) is 5.95 Å². The van der Waals surface area contributed by atoms with Gasteiger partial charge in [0.15, 0.2) is 0 Å². The predicted molar refractivity (Wildman–Crippen MR) is 61.7 cm³/mol. The quantitative estimate of drug-likeness (QED) is 0.690. The molecule has 0 bridgehead atoms. The molecule has 6 heteroatoms. The summed E-state index contributed by atoms with van der Waals surface area (Å²) in [5.41, 5.74) is 5.34. The van der Waals surface area contributed by atoms with E-state index in [0.717, 1.165) is 12.2 Å². The van der Waals surface area contributed by atoms with Gasteiger partial charge in [0.05, 0.1) is 5.75 Å². The Kier molecular flexibility index (Phi) is 5.72. The van der Waals surface area contributed by atoms with Gasteiger partial charge in [0, 0.05) is 12.4 Å². The Morgan fingerprint density at radius 2 is 2.20 bits per heavy atom. The Morgan fingerprint density at radius 1 is 1.47 bits per heavy atom. The van der Waals surface area contributed by atoms with Gasteiger partial charge in [-0.1, -0.05) is 0 Å². The minimum absolute atomic E-state index is 0.0804. The van der Waals surface area contributed by atoms with Gasteiger partial charge in [-0.15, -0.1) is 0 Å². The molecule has 82 valence electrons. The first-order valence-electron chi connectivity index (χ1n) is 4.67. The highest BCUT2D eigenvalue weighted by Gasteiger charge is 2.02. The molecule has 1 heterocycles. The van der Waals surface area contributed by atoms with Gasteiger partial charge in [-0.2, -0.15) is 11.8 Å². The maximum atomic E-state index is 11.3. The molecule has 1 aromatic rings. The Bertz CT molecular complexity index is 293. The zero-order chi connectivity index (χ0) is 10.9. The second-order valence-electron chi connectivity index (χ2n) is 2.82. The number of aromatic nitrogens is 2. The summed E-state index contributed by atoms with van der Waals surface area (Å²) in [7, 11) is 0. The number of nitrogens with one attached hydrogen (secondary N) is 1. The standard InChI is InChI=1S/C9H14N4OS/c10-3-1-6-15-7-8(14)13-9-11-4-2-5-12-9/h2,4-5H,1,3,6-7,10H2,(H,11,12,13,14). The summed E-state index contributed by atoms with van der Waals surface area (Å²) in [4.78, 5) is 19.1. The SMILES string of the molecule is NCCCSCC(=O)Nc1ncccn1. The largest absolute Gasteiger partial charge is 0.330 e. The molecule has 0 unspecified atom stereocenters. The molecule has 0 saturated heterocycles. The second kappa shape index (κ2) is 7.19. The predicted octanol–water partition coefficient (Wildman–Crippen LogP) is 0.497. The van der Waals surface area contributed by atoms with Gasteiger partial charge >= 0.3 is 0 Å². The average molecular weight is 226 g/mol. The third-order valence-corrected chi connectivity index (χ3v) is 2.59. The fourth-order valence-electron chi connectivity index (χ4n) is 0.875. The highest BCUT2D eigenvalue weighted by atomic mass is 32.2. The van der Waals surface area contributed by atoms with Crippen molar-refractivity contribution in [3.8, 4) is 0 Å². The first kappa shape index (κ1) is 11.9. The summed E-state index contributed by atoms with van der Waals surface area (Å²) in [5, 5.41) is 2.61. The van der Waals surface area contributed by atoms with Gasteiger partial charge < -0.3 is 5.73 Å². The van der Waals surface area contributed by atoms with Crippen LogP contribution in [0.2, 0.25) is 0 Å². The molecule has 5 nitrogen and oxygen atoms in total. The van der Waals surface area contributed by atoms with Gasteiger partial charge in [0.1, 0.15) is 0 Å². The van der Waals surface area contributed by atoms with Crippen molar-refractivity contribution in [1.82, 2.24) is 9.97 Å².